The molecule has 0 spiro atoms. The topological polar surface area (TPSA) is 77.1 Å². The number of carbonyl (C=O) groups excluding carboxylic acids is 1. The molecule has 1 fully saturated rings. The van der Waals surface area contributed by atoms with Gasteiger partial charge in [0.1, 0.15) is 0 Å². The van der Waals surface area contributed by atoms with Crippen LogP contribution in [0.3, 0.4) is 0 Å². The van der Waals surface area contributed by atoms with Crippen LogP contribution in [0.2, 0.25) is 0 Å². The zero-order chi connectivity index (χ0) is 16.9. The fourth-order valence-corrected chi connectivity index (χ4v) is 3.05. The highest BCUT2D eigenvalue weighted by Crippen LogP contribution is 2.26. The van der Waals surface area contributed by atoms with E-state index in [9.17, 15) is 4.79 Å². The Morgan fingerprint density at radius 1 is 1.46 bits per heavy atom. The van der Waals surface area contributed by atoms with Crippen molar-refractivity contribution in [3.8, 4) is 0 Å². The van der Waals surface area contributed by atoms with Gasteiger partial charge in [-0.05, 0) is 19.3 Å². The molecule has 7 nitrogen and oxygen atoms in total. The highest BCUT2D eigenvalue weighted by molar-refractivity contribution is 5.76. The summed E-state index contributed by atoms with van der Waals surface area (Å²) >= 11 is 0. The Balaban J connectivity index is 1.51. The molecule has 24 heavy (non-hydrogen) atoms. The molecule has 0 unspecified atom stereocenters. The molecule has 2 aromatic rings. The summed E-state index contributed by atoms with van der Waals surface area (Å²) in [7, 11) is 0. The summed E-state index contributed by atoms with van der Waals surface area (Å²) in [5.41, 5.74) is 0. The number of imidazole rings is 1. The first-order valence-electron chi connectivity index (χ1n) is 8.70. The van der Waals surface area contributed by atoms with Gasteiger partial charge in [-0.1, -0.05) is 19.0 Å². The van der Waals surface area contributed by atoms with Crippen molar-refractivity contribution < 1.29 is 9.32 Å². The minimum atomic E-state index is 0.188. The van der Waals surface area contributed by atoms with Crippen LogP contribution in [0.1, 0.15) is 63.1 Å². The monoisotopic (exact) mass is 331 g/mol. The highest BCUT2D eigenvalue weighted by atomic mass is 16.5. The molecule has 3 rings (SSSR count). The van der Waals surface area contributed by atoms with E-state index in [4.69, 9.17) is 4.52 Å². The van der Waals surface area contributed by atoms with Gasteiger partial charge < -0.3 is 14.0 Å². The Morgan fingerprint density at radius 3 is 3.04 bits per heavy atom. The van der Waals surface area contributed by atoms with Crippen LogP contribution in [0.15, 0.2) is 23.2 Å². The zero-order valence-corrected chi connectivity index (χ0v) is 14.4. The second kappa shape index (κ2) is 7.59. The van der Waals surface area contributed by atoms with Gasteiger partial charge in [0.15, 0.2) is 5.82 Å². The number of hydrogen-bond donors (Lipinski definition) is 0. The van der Waals surface area contributed by atoms with Crippen molar-refractivity contribution in [3.63, 3.8) is 0 Å². The molecule has 0 saturated carbocycles. The number of carbonyl (C=O) groups is 1. The molecular formula is C17H25N5O2. The van der Waals surface area contributed by atoms with Crippen LogP contribution in [-0.4, -0.2) is 43.6 Å². The van der Waals surface area contributed by atoms with E-state index in [1.807, 2.05) is 29.5 Å². The van der Waals surface area contributed by atoms with Crippen LogP contribution in [0.25, 0.3) is 0 Å². The smallest absolute Gasteiger partial charge is 0.229 e. The molecule has 0 radical (unpaired) electrons. The lowest BCUT2D eigenvalue weighted by molar-refractivity contribution is -0.132. The zero-order valence-electron chi connectivity index (χ0n) is 14.4. The van der Waals surface area contributed by atoms with E-state index in [1.165, 1.54) is 0 Å². The minimum Gasteiger partial charge on any atom is -0.342 e. The van der Waals surface area contributed by atoms with Crippen molar-refractivity contribution in [2.75, 3.05) is 13.1 Å². The minimum absolute atomic E-state index is 0.188. The fraction of sp³-hybridized carbons (Fsp3) is 0.647. The molecule has 0 aromatic carbocycles. The number of piperidine rings is 1. The Kier molecular flexibility index (Phi) is 5.27. The first kappa shape index (κ1) is 16.7. The average Bonchev–Trinajstić information content (AvgIpc) is 3.26. The van der Waals surface area contributed by atoms with Crippen LogP contribution >= 0.6 is 0 Å². The van der Waals surface area contributed by atoms with Gasteiger partial charge in [-0.2, -0.15) is 4.98 Å². The molecule has 0 bridgehead atoms. The van der Waals surface area contributed by atoms with E-state index in [2.05, 4.69) is 15.1 Å². The van der Waals surface area contributed by atoms with Gasteiger partial charge in [0.05, 0.1) is 6.33 Å². The normalized spacial score (nSPS) is 18.3. The summed E-state index contributed by atoms with van der Waals surface area (Å²) in [5, 5.41) is 4.12. The summed E-state index contributed by atoms with van der Waals surface area (Å²) in [6, 6.07) is 0. The molecule has 3 heterocycles. The summed E-state index contributed by atoms with van der Waals surface area (Å²) in [6.07, 6.45) is 8.85. The SMILES string of the molecule is CC(C)c1nc([C@H]2CCCN(C(=O)CCCn3ccnc3)C2)no1. The van der Waals surface area contributed by atoms with Crippen molar-refractivity contribution in [1.29, 1.82) is 0 Å². The molecule has 1 aliphatic heterocycles. The van der Waals surface area contributed by atoms with Crippen LogP contribution < -0.4 is 0 Å². The molecule has 0 N–H and O–H groups in total. The number of amides is 1. The largest absolute Gasteiger partial charge is 0.342 e. The molecule has 1 aliphatic rings. The van der Waals surface area contributed by atoms with Crippen molar-refractivity contribution in [2.45, 2.75) is 57.9 Å². The van der Waals surface area contributed by atoms with E-state index < -0.39 is 0 Å². The van der Waals surface area contributed by atoms with Crippen molar-refractivity contribution in [2.24, 2.45) is 0 Å². The molecule has 1 amide bonds. The number of hydrogen-bond acceptors (Lipinski definition) is 5. The van der Waals surface area contributed by atoms with Crippen molar-refractivity contribution in [3.05, 3.63) is 30.4 Å². The predicted molar refractivity (Wildman–Crippen MR) is 88.4 cm³/mol. The number of rotatable bonds is 6. The van der Waals surface area contributed by atoms with Gasteiger partial charge in [0.2, 0.25) is 11.8 Å². The third-order valence-corrected chi connectivity index (χ3v) is 4.46. The summed E-state index contributed by atoms with van der Waals surface area (Å²) in [4.78, 5) is 22.9. The van der Waals surface area contributed by atoms with E-state index in [0.717, 1.165) is 38.2 Å². The lowest BCUT2D eigenvalue weighted by Crippen LogP contribution is -2.39. The quantitative estimate of drug-likeness (QED) is 0.813. The predicted octanol–water partition coefficient (Wildman–Crippen LogP) is 2.58. The van der Waals surface area contributed by atoms with E-state index in [1.54, 1.807) is 12.5 Å². The number of aryl methyl sites for hydroxylation is 1. The number of nitrogens with zero attached hydrogens (tertiary/aromatic N) is 5. The van der Waals surface area contributed by atoms with Gasteiger partial charge in [0, 0.05) is 50.3 Å². The molecule has 7 heteroatoms. The van der Waals surface area contributed by atoms with E-state index in [-0.39, 0.29) is 17.7 Å². The maximum atomic E-state index is 12.5. The van der Waals surface area contributed by atoms with Crippen LogP contribution in [0, 0.1) is 0 Å². The number of aromatic nitrogens is 4. The molecule has 2 aromatic heterocycles. The van der Waals surface area contributed by atoms with Crippen LogP contribution in [0.5, 0.6) is 0 Å². The Labute approximate surface area is 142 Å². The number of likely N-dealkylation sites (tertiary alicyclic amines) is 1. The van der Waals surface area contributed by atoms with Crippen molar-refractivity contribution in [1.82, 2.24) is 24.6 Å². The Morgan fingerprint density at radius 2 is 2.33 bits per heavy atom. The lowest BCUT2D eigenvalue weighted by atomic mass is 9.97. The van der Waals surface area contributed by atoms with Gasteiger partial charge in [0.25, 0.3) is 0 Å². The van der Waals surface area contributed by atoms with Gasteiger partial charge >= 0.3 is 0 Å². The first-order valence-corrected chi connectivity index (χ1v) is 8.70. The Hall–Kier alpha value is -2.18. The molecular weight excluding hydrogens is 306 g/mol. The molecule has 130 valence electrons. The Bertz CT molecular complexity index is 650. The fourth-order valence-electron chi connectivity index (χ4n) is 3.05. The summed E-state index contributed by atoms with van der Waals surface area (Å²) in [5.74, 6) is 2.05. The molecule has 0 aliphatic carbocycles. The highest BCUT2D eigenvalue weighted by Gasteiger charge is 2.28. The molecule has 1 atom stereocenters. The summed E-state index contributed by atoms with van der Waals surface area (Å²) in [6.45, 7) is 6.42. The van der Waals surface area contributed by atoms with Crippen LogP contribution in [0.4, 0.5) is 0 Å². The van der Waals surface area contributed by atoms with Gasteiger partial charge in [-0.25, -0.2) is 4.98 Å². The lowest BCUT2D eigenvalue weighted by Gasteiger charge is -2.31. The van der Waals surface area contributed by atoms with Gasteiger partial charge in [-0.3, -0.25) is 4.79 Å². The van der Waals surface area contributed by atoms with Gasteiger partial charge in [-0.15, -0.1) is 0 Å². The van der Waals surface area contributed by atoms with E-state index in [0.29, 0.717) is 18.9 Å². The standard InChI is InChI=1S/C17H25N5O2/c1-13(2)17-19-16(20-24-17)14-5-3-9-22(11-14)15(23)6-4-8-21-10-7-18-12-21/h7,10,12-14H,3-6,8-9,11H2,1-2H3/t14-/m0/s1. The average molecular weight is 331 g/mol. The third kappa shape index (κ3) is 4.01. The first-order chi connectivity index (χ1) is 11.6. The van der Waals surface area contributed by atoms with E-state index >= 15 is 0 Å². The third-order valence-electron chi connectivity index (χ3n) is 4.46. The maximum absolute atomic E-state index is 12.5. The maximum Gasteiger partial charge on any atom is 0.229 e. The van der Waals surface area contributed by atoms with Crippen molar-refractivity contribution >= 4 is 5.91 Å². The second-order valence-corrected chi connectivity index (χ2v) is 6.73. The summed E-state index contributed by atoms with van der Waals surface area (Å²) < 4.78 is 7.31. The molecule has 1 saturated heterocycles. The van der Waals surface area contributed by atoms with Crippen LogP contribution in [-0.2, 0) is 11.3 Å². The second-order valence-electron chi connectivity index (χ2n) is 6.73.